The van der Waals surface area contributed by atoms with Crippen molar-refractivity contribution in [2.75, 3.05) is 43.9 Å². The SMILES string of the molecule is CN(CC[N+]12CC3C#CC1C2CO3)c1ccc2c(n1)sc1nc(-c3ccc(N)cc3)cn12. The van der Waals surface area contributed by atoms with Gasteiger partial charge in [-0.3, -0.25) is 8.88 Å². The topological polar surface area (TPSA) is 68.7 Å². The van der Waals surface area contributed by atoms with Crippen molar-refractivity contribution in [2.45, 2.75) is 18.2 Å². The van der Waals surface area contributed by atoms with Gasteiger partial charge in [-0.15, -0.1) is 0 Å². The van der Waals surface area contributed by atoms with Crippen LogP contribution in [0.2, 0.25) is 0 Å². The molecule has 4 atom stereocenters. The summed E-state index contributed by atoms with van der Waals surface area (Å²) in [4.78, 5) is 14.0. The van der Waals surface area contributed by atoms with E-state index in [4.69, 9.17) is 20.4 Å². The molecule has 0 amide bonds. The van der Waals surface area contributed by atoms with Crippen LogP contribution in [0.15, 0.2) is 42.6 Å². The lowest BCUT2D eigenvalue weighted by molar-refractivity contribution is -0.832. The Morgan fingerprint density at radius 3 is 2.97 bits per heavy atom. The van der Waals surface area contributed by atoms with Crippen molar-refractivity contribution >= 4 is 38.2 Å². The van der Waals surface area contributed by atoms with Gasteiger partial charge in [0.15, 0.2) is 17.1 Å². The Morgan fingerprint density at radius 1 is 1.22 bits per heavy atom. The predicted octanol–water partition coefficient (Wildman–Crippen LogP) is 2.61. The van der Waals surface area contributed by atoms with Crippen LogP contribution in [0, 0.1) is 11.8 Å². The van der Waals surface area contributed by atoms with Crippen LogP contribution in [-0.4, -0.2) is 70.3 Å². The van der Waals surface area contributed by atoms with Crippen molar-refractivity contribution in [3.8, 4) is 23.1 Å². The number of benzene rings is 1. The Morgan fingerprint density at radius 2 is 2.09 bits per heavy atom. The van der Waals surface area contributed by atoms with E-state index in [0.29, 0.717) is 12.1 Å². The van der Waals surface area contributed by atoms with Crippen LogP contribution < -0.4 is 10.6 Å². The molecule has 2 saturated heterocycles. The van der Waals surface area contributed by atoms with Crippen LogP contribution in [0.25, 0.3) is 26.6 Å². The number of rotatable bonds is 5. The number of hydrogen-bond donors (Lipinski definition) is 1. The monoisotopic (exact) mass is 443 g/mol. The zero-order chi connectivity index (χ0) is 21.4. The summed E-state index contributed by atoms with van der Waals surface area (Å²) in [6.45, 7) is 3.94. The maximum absolute atomic E-state index is 5.82. The standard InChI is InChI=1S/C24H23N6OS/c1-28(10-11-30-13-17-6-8-20(30)21(30)14-31-17)22-9-7-19-23(27-22)32-24-26-18(12-29(19)24)15-2-4-16(25)5-3-15/h2-5,7,9,12,17,20-21H,10-11,13-14,25H2,1H3/q+1. The minimum atomic E-state index is 0.130. The lowest BCUT2D eigenvalue weighted by atomic mass is 10.1. The van der Waals surface area contributed by atoms with Gasteiger partial charge >= 0.3 is 0 Å². The summed E-state index contributed by atoms with van der Waals surface area (Å²) in [5.74, 6) is 7.69. The van der Waals surface area contributed by atoms with Crippen LogP contribution >= 0.6 is 11.3 Å². The molecule has 7 rings (SSSR count). The van der Waals surface area contributed by atoms with Crippen LogP contribution in [0.1, 0.15) is 0 Å². The van der Waals surface area contributed by atoms with Gasteiger partial charge in [0.25, 0.3) is 0 Å². The smallest absolute Gasteiger partial charge is 0.206 e. The van der Waals surface area contributed by atoms with Crippen LogP contribution in [0.3, 0.4) is 0 Å². The molecule has 3 aliphatic heterocycles. The van der Waals surface area contributed by atoms with Gasteiger partial charge < -0.3 is 15.4 Å². The lowest BCUT2D eigenvalue weighted by Crippen LogP contribution is -2.48. The molecule has 7 nitrogen and oxygen atoms in total. The number of nitrogens with zero attached hydrogens (tertiary/aromatic N) is 5. The first kappa shape index (κ1) is 18.5. The molecule has 8 heteroatoms. The molecule has 2 bridgehead atoms. The summed E-state index contributed by atoms with van der Waals surface area (Å²) in [6, 6.07) is 13.2. The Kier molecular flexibility index (Phi) is 3.72. The van der Waals surface area contributed by atoms with E-state index in [2.05, 4.69) is 46.5 Å². The maximum atomic E-state index is 5.82. The molecule has 0 saturated carbocycles. The molecule has 6 heterocycles. The van der Waals surface area contributed by atoms with Crippen LogP contribution in [-0.2, 0) is 4.74 Å². The molecule has 4 aromatic rings. The lowest BCUT2D eigenvalue weighted by Gasteiger charge is -2.31. The largest absolute Gasteiger partial charge is 0.399 e. The number of quaternary nitrogens is 1. The van der Waals surface area contributed by atoms with Gasteiger partial charge in [0.05, 0.1) is 24.3 Å². The van der Waals surface area contributed by atoms with Crippen molar-refractivity contribution < 1.29 is 9.22 Å². The average molecular weight is 444 g/mol. The third-order valence-electron chi connectivity index (χ3n) is 7.25. The second-order valence-electron chi connectivity index (χ2n) is 9.05. The predicted molar refractivity (Wildman–Crippen MR) is 127 cm³/mol. The molecule has 0 aliphatic carbocycles. The first-order valence-electron chi connectivity index (χ1n) is 11.0. The number of ether oxygens (including phenoxy) is 1. The number of aromatic nitrogens is 3. The number of pyridine rings is 1. The summed E-state index contributed by atoms with van der Waals surface area (Å²) in [5, 5.41) is 0. The molecule has 32 heavy (non-hydrogen) atoms. The van der Waals surface area contributed by atoms with Crippen LogP contribution in [0.4, 0.5) is 11.5 Å². The number of nitrogens with two attached hydrogens (primary N) is 1. The zero-order valence-electron chi connectivity index (χ0n) is 17.7. The number of likely N-dealkylation sites (N-methyl/N-ethyl adjacent to an activating group) is 1. The van der Waals surface area contributed by atoms with Crippen molar-refractivity contribution in [1.82, 2.24) is 14.4 Å². The van der Waals surface area contributed by atoms with E-state index in [1.807, 2.05) is 24.3 Å². The summed E-state index contributed by atoms with van der Waals surface area (Å²) in [6.07, 6.45) is 2.21. The third kappa shape index (κ3) is 2.62. The first-order chi connectivity index (χ1) is 15.6. The van der Waals surface area contributed by atoms with Gasteiger partial charge in [0.2, 0.25) is 6.04 Å². The quantitative estimate of drug-likeness (QED) is 0.222. The number of morpholine rings is 1. The van der Waals surface area contributed by atoms with E-state index < -0.39 is 0 Å². The summed E-state index contributed by atoms with van der Waals surface area (Å²) >= 11 is 1.63. The first-order valence-corrected chi connectivity index (χ1v) is 11.8. The average Bonchev–Trinajstić information content (AvgIpc) is 3.21. The summed E-state index contributed by atoms with van der Waals surface area (Å²) in [5.41, 5.74) is 9.67. The third-order valence-corrected chi connectivity index (χ3v) is 8.22. The van der Waals surface area contributed by atoms with Gasteiger partial charge in [0.1, 0.15) is 23.8 Å². The summed E-state index contributed by atoms with van der Waals surface area (Å²) < 4.78 is 9.07. The molecular formula is C24H23N6OS+. The molecule has 160 valence electrons. The molecule has 2 N–H and O–H groups in total. The number of hydrogen-bond acceptors (Lipinski definition) is 6. The molecule has 4 unspecified atom stereocenters. The fourth-order valence-corrected chi connectivity index (χ4v) is 6.27. The fraction of sp³-hybridized carbons (Fsp3) is 0.333. The Hall–Kier alpha value is -3.12. The molecule has 2 fully saturated rings. The molecule has 0 radical (unpaired) electrons. The highest BCUT2D eigenvalue weighted by Gasteiger charge is 2.69. The minimum Gasteiger partial charge on any atom is -0.399 e. The van der Waals surface area contributed by atoms with Crippen molar-refractivity contribution in [2.24, 2.45) is 0 Å². The van der Waals surface area contributed by atoms with E-state index in [9.17, 15) is 0 Å². The summed E-state index contributed by atoms with van der Waals surface area (Å²) in [7, 11) is 2.13. The second-order valence-corrected chi connectivity index (χ2v) is 10.0. The van der Waals surface area contributed by atoms with Crippen molar-refractivity contribution in [3.63, 3.8) is 0 Å². The molecule has 3 aromatic heterocycles. The van der Waals surface area contributed by atoms with E-state index in [1.54, 1.807) is 11.3 Å². The molecular weight excluding hydrogens is 420 g/mol. The molecule has 0 spiro atoms. The van der Waals surface area contributed by atoms with Crippen LogP contribution in [0.5, 0.6) is 0 Å². The highest BCUT2D eigenvalue weighted by molar-refractivity contribution is 7.23. The highest BCUT2D eigenvalue weighted by Crippen LogP contribution is 2.45. The normalized spacial score (nSPS) is 27.3. The van der Waals surface area contributed by atoms with E-state index >= 15 is 0 Å². The number of anilines is 2. The highest BCUT2D eigenvalue weighted by atomic mass is 32.1. The Bertz CT molecular complexity index is 1430. The van der Waals surface area contributed by atoms with E-state index in [1.165, 1.54) is 0 Å². The van der Waals surface area contributed by atoms with Gasteiger partial charge in [-0.25, -0.2) is 9.97 Å². The van der Waals surface area contributed by atoms with Gasteiger partial charge in [-0.05, 0) is 30.2 Å². The van der Waals surface area contributed by atoms with Gasteiger partial charge in [-0.1, -0.05) is 29.4 Å². The maximum Gasteiger partial charge on any atom is 0.206 e. The van der Waals surface area contributed by atoms with Gasteiger partial charge in [0, 0.05) is 24.5 Å². The van der Waals surface area contributed by atoms with E-state index in [0.717, 1.165) is 68.8 Å². The number of thiazole rings is 1. The molecule has 3 aliphatic rings. The molecule has 1 aromatic carbocycles. The van der Waals surface area contributed by atoms with Crippen molar-refractivity contribution in [3.05, 3.63) is 42.6 Å². The van der Waals surface area contributed by atoms with Crippen molar-refractivity contribution in [1.29, 1.82) is 0 Å². The Labute approximate surface area is 189 Å². The van der Waals surface area contributed by atoms with Gasteiger partial charge in [-0.2, -0.15) is 0 Å². The van der Waals surface area contributed by atoms with E-state index in [-0.39, 0.29) is 6.10 Å². The fourth-order valence-electron chi connectivity index (χ4n) is 5.29. The minimum absolute atomic E-state index is 0.130. The number of fused-ring (bicyclic) bond motifs is 5. The zero-order valence-corrected chi connectivity index (χ0v) is 18.5. The number of nitrogen functional groups attached to an aromatic ring is 1. The Balaban J connectivity index is 1.13. The number of imidazole rings is 1. The second kappa shape index (κ2) is 6.45.